The maximum atomic E-state index is 11.6. The van der Waals surface area contributed by atoms with Crippen LogP contribution in [0.3, 0.4) is 0 Å². The second kappa shape index (κ2) is 3.73. The van der Waals surface area contributed by atoms with Crippen LogP contribution in [0.25, 0.3) is 0 Å². The molecule has 0 radical (unpaired) electrons. The number of nitro benzene ring substituents is 1. The zero-order valence-electron chi connectivity index (χ0n) is 9.17. The van der Waals surface area contributed by atoms with Crippen LogP contribution in [0, 0.1) is 10.1 Å². The summed E-state index contributed by atoms with van der Waals surface area (Å²) >= 11 is 0. The molecule has 6 nitrogen and oxygen atoms in total. The molecule has 0 amide bonds. The number of benzene rings is 1. The van der Waals surface area contributed by atoms with Gasteiger partial charge in [-0.05, 0) is 12.8 Å². The van der Waals surface area contributed by atoms with Gasteiger partial charge in [-0.25, -0.2) is 0 Å². The molecule has 1 aliphatic rings. The van der Waals surface area contributed by atoms with Crippen LogP contribution in [0.1, 0.15) is 18.4 Å². The lowest BCUT2D eigenvalue weighted by molar-refractivity contribution is -0.386. The second-order valence-corrected chi connectivity index (χ2v) is 4.00. The van der Waals surface area contributed by atoms with Crippen LogP contribution in [0.4, 0.5) is 5.69 Å². The molecular weight excluding hydrogens is 226 g/mol. The van der Waals surface area contributed by atoms with E-state index in [9.17, 15) is 20.0 Å². The molecule has 17 heavy (non-hydrogen) atoms. The molecule has 1 fully saturated rings. The van der Waals surface area contributed by atoms with E-state index < -0.39 is 27.7 Å². The van der Waals surface area contributed by atoms with Crippen molar-refractivity contribution in [3.05, 3.63) is 33.9 Å². The van der Waals surface area contributed by atoms with Crippen LogP contribution in [-0.4, -0.2) is 23.1 Å². The van der Waals surface area contributed by atoms with E-state index >= 15 is 0 Å². The fraction of sp³-hybridized carbons (Fsp3) is 0.364. The van der Waals surface area contributed by atoms with Gasteiger partial charge in [-0.15, -0.1) is 0 Å². The number of nitro groups is 1. The normalized spacial score (nSPS) is 16.3. The molecular formula is C11H11NO5. The number of carbonyl (C=O) groups is 1. The summed E-state index contributed by atoms with van der Waals surface area (Å²) in [7, 11) is 1.26. The molecule has 0 spiro atoms. The minimum atomic E-state index is -0.898. The fourth-order valence-electron chi connectivity index (χ4n) is 1.97. The summed E-state index contributed by atoms with van der Waals surface area (Å²) in [5, 5.41) is 20.5. The number of phenols is 1. The Kier molecular flexibility index (Phi) is 2.49. The van der Waals surface area contributed by atoms with Gasteiger partial charge in [-0.1, -0.05) is 12.1 Å². The van der Waals surface area contributed by atoms with E-state index in [4.69, 9.17) is 0 Å². The monoisotopic (exact) mass is 237 g/mol. The second-order valence-electron chi connectivity index (χ2n) is 4.00. The number of hydrogen-bond donors (Lipinski definition) is 1. The molecule has 0 bridgehead atoms. The smallest absolute Gasteiger partial charge is 0.316 e. The summed E-state index contributed by atoms with van der Waals surface area (Å²) in [5.74, 6) is -0.909. The Balaban J connectivity index is 2.51. The molecule has 1 aliphatic carbocycles. The molecule has 0 unspecified atom stereocenters. The number of rotatable bonds is 3. The van der Waals surface area contributed by atoms with Crippen molar-refractivity contribution < 1.29 is 19.6 Å². The first-order valence-electron chi connectivity index (χ1n) is 5.08. The Bertz CT molecular complexity index is 493. The molecule has 0 atom stereocenters. The zero-order chi connectivity index (χ0) is 12.6. The zero-order valence-corrected chi connectivity index (χ0v) is 9.17. The van der Waals surface area contributed by atoms with Crippen molar-refractivity contribution in [1.82, 2.24) is 0 Å². The predicted molar refractivity (Wildman–Crippen MR) is 57.7 cm³/mol. The minimum Gasteiger partial charge on any atom is -0.502 e. The number of esters is 1. The Hall–Kier alpha value is -2.11. The molecule has 90 valence electrons. The first-order valence-corrected chi connectivity index (χ1v) is 5.08. The third-order valence-corrected chi connectivity index (χ3v) is 3.05. The summed E-state index contributed by atoms with van der Waals surface area (Å²) in [5.41, 5.74) is -1.01. The summed E-state index contributed by atoms with van der Waals surface area (Å²) < 4.78 is 4.67. The van der Waals surface area contributed by atoms with E-state index in [0.29, 0.717) is 12.8 Å². The lowest BCUT2D eigenvalue weighted by Gasteiger charge is -2.14. The average Bonchev–Trinajstić information content (AvgIpc) is 3.09. The quantitative estimate of drug-likeness (QED) is 0.488. The van der Waals surface area contributed by atoms with Crippen LogP contribution < -0.4 is 0 Å². The number of methoxy groups -OCH3 is 1. The third kappa shape index (κ3) is 1.61. The molecule has 1 N–H and O–H groups in total. The SMILES string of the molecule is COC(=O)C1(c2cccc([N+](=O)[O-])c2O)CC1. The molecule has 6 heteroatoms. The number of nitrogens with zero attached hydrogens (tertiary/aromatic N) is 1. The van der Waals surface area contributed by atoms with Gasteiger partial charge < -0.3 is 9.84 Å². The van der Waals surface area contributed by atoms with Gasteiger partial charge in [-0.2, -0.15) is 0 Å². The first kappa shape index (κ1) is 11.4. The van der Waals surface area contributed by atoms with E-state index in [1.807, 2.05) is 0 Å². The number of ether oxygens (including phenoxy) is 1. The Morgan fingerprint density at radius 1 is 1.53 bits per heavy atom. The molecule has 0 saturated heterocycles. The Morgan fingerprint density at radius 3 is 2.65 bits per heavy atom. The highest BCUT2D eigenvalue weighted by Crippen LogP contribution is 2.53. The van der Waals surface area contributed by atoms with Gasteiger partial charge in [0.25, 0.3) is 0 Å². The number of para-hydroxylation sites is 1. The topological polar surface area (TPSA) is 89.7 Å². The standard InChI is InChI=1S/C11H11NO5/c1-17-10(14)11(5-6-11)7-3-2-4-8(9(7)13)12(15)16/h2-4,13H,5-6H2,1H3. The van der Waals surface area contributed by atoms with Crippen molar-refractivity contribution in [1.29, 1.82) is 0 Å². The van der Waals surface area contributed by atoms with Crippen LogP contribution in [0.5, 0.6) is 5.75 Å². The molecule has 0 aromatic heterocycles. The van der Waals surface area contributed by atoms with Crippen LogP contribution in [0.2, 0.25) is 0 Å². The molecule has 0 aliphatic heterocycles. The summed E-state index contributed by atoms with van der Waals surface area (Å²) in [4.78, 5) is 21.6. The highest BCUT2D eigenvalue weighted by atomic mass is 16.6. The summed E-state index contributed by atoms with van der Waals surface area (Å²) in [6.07, 6.45) is 1.07. The van der Waals surface area contributed by atoms with Crippen molar-refractivity contribution in [2.75, 3.05) is 7.11 Å². The fourth-order valence-corrected chi connectivity index (χ4v) is 1.97. The molecule has 0 heterocycles. The Labute approximate surface area is 97.0 Å². The van der Waals surface area contributed by atoms with E-state index in [1.54, 1.807) is 0 Å². The molecule has 1 aromatic rings. The number of carbonyl (C=O) groups excluding carboxylic acids is 1. The first-order chi connectivity index (χ1) is 8.03. The van der Waals surface area contributed by atoms with Crippen LogP contribution >= 0.6 is 0 Å². The van der Waals surface area contributed by atoms with Crippen molar-refractivity contribution in [2.45, 2.75) is 18.3 Å². The van der Waals surface area contributed by atoms with E-state index in [0.717, 1.165) is 0 Å². The maximum absolute atomic E-state index is 11.6. The predicted octanol–water partition coefficient (Wildman–Crippen LogP) is 1.50. The average molecular weight is 237 g/mol. The maximum Gasteiger partial charge on any atom is 0.316 e. The van der Waals surface area contributed by atoms with Crippen molar-refractivity contribution in [3.8, 4) is 5.75 Å². The third-order valence-electron chi connectivity index (χ3n) is 3.05. The largest absolute Gasteiger partial charge is 0.502 e. The number of hydrogen-bond acceptors (Lipinski definition) is 5. The van der Waals surface area contributed by atoms with Gasteiger partial charge in [-0.3, -0.25) is 14.9 Å². The highest BCUT2D eigenvalue weighted by Gasteiger charge is 2.54. The van der Waals surface area contributed by atoms with Crippen LogP contribution in [0.15, 0.2) is 18.2 Å². The summed E-state index contributed by atoms with van der Waals surface area (Å²) in [6, 6.07) is 4.18. The highest BCUT2D eigenvalue weighted by molar-refractivity contribution is 5.88. The lowest BCUT2D eigenvalue weighted by Crippen LogP contribution is -2.22. The van der Waals surface area contributed by atoms with E-state index in [2.05, 4.69) is 4.74 Å². The van der Waals surface area contributed by atoms with E-state index in [-0.39, 0.29) is 5.56 Å². The lowest BCUT2D eigenvalue weighted by atomic mass is 9.94. The molecule has 1 aromatic carbocycles. The van der Waals surface area contributed by atoms with Gasteiger partial charge in [0.2, 0.25) is 0 Å². The van der Waals surface area contributed by atoms with Crippen molar-refractivity contribution >= 4 is 11.7 Å². The Morgan fingerprint density at radius 2 is 2.18 bits per heavy atom. The molecule has 1 saturated carbocycles. The summed E-state index contributed by atoms with van der Waals surface area (Å²) in [6.45, 7) is 0. The minimum absolute atomic E-state index is 0.276. The van der Waals surface area contributed by atoms with Gasteiger partial charge in [0.05, 0.1) is 17.4 Å². The van der Waals surface area contributed by atoms with Gasteiger partial charge in [0.1, 0.15) is 0 Å². The van der Waals surface area contributed by atoms with Crippen molar-refractivity contribution in [3.63, 3.8) is 0 Å². The molecule has 2 rings (SSSR count). The number of phenolic OH excluding ortho intramolecular Hbond substituents is 1. The number of aromatic hydroxyl groups is 1. The van der Waals surface area contributed by atoms with Crippen LogP contribution in [-0.2, 0) is 14.9 Å². The van der Waals surface area contributed by atoms with E-state index in [1.165, 1.54) is 25.3 Å². The van der Waals surface area contributed by atoms with Gasteiger partial charge >= 0.3 is 11.7 Å². The van der Waals surface area contributed by atoms with Crippen molar-refractivity contribution in [2.24, 2.45) is 0 Å². The van der Waals surface area contributed by atoms with Gasteiger partial charge in [0, 0.05) is 11.6 Å². The van der Waals surface area contributed by atoms with Gasteiger partial charge in [0.15, 0.2) is 5.75 Å².